The minimum absolute atomic E-state index is 0.158. The van der Waals surface area contributed by atoms with Crippen LogP contribution in [0.25, 0.3) is 0 Å². The van der Waals surface area contributed by atoms with Crippen LogP contribution in [-0.2, 0) is 9.53 Å². The Labute approximate surface area is 151 Å². The Kier molecular flexibility index (Phi) is 8.21. The van der Waals surface area contributed by atoms with Crippen LogP contribution in [0.15, 0.2) is 0 Å². The minimum Gasteiger partial charge on any atom is -0.465 e. The zero-order valence-corrected chi connectivity index (χ0v) is 16.0. The number of esters is 1. The molecule has 0 aliphatic heterocycles. The molecule has 0 radical (unpaired) electrons. The second-order valence-electron chi connectivity index (χ2n) is 5.07. The monoisotopic (exact) mass is 374 g/mol. The molecule has 0 unspecified atom stereocenters. The fourth-order valence-electron chi connectivity index (χ4n) is 2.22. The normalized spacial score (nSPS) is 10.4. The standard InChI is InChI=1S/C16H23ClN2O4S/c1-5-19(6-2)15(21)13-10(3)12(16(22)23-4)14(24-13)18-11(20)8-7-9-17/h5-9H2,1-4H3,(H,18,20). The van der Waals surface area contributed by atoms with Crippen LogP contribution in [0.5, 0.6) is 0 Å². The van der Waals surface area contributed by atoms with Gasteiger partial charge in [0.1, 0.15) is 5.00 Å². The topological polar surface area (TPSA) is 75.7 Å². The van der Waals surface area contributed by atoms with Gasteiger partial charge in [-0.05, 0) is 32.8 Å². The van der Waals surface area contributed by atoms with Crippen LogP contribution in [-0.4, -0.2) is 48.8 Å². The van der Waals surface area contributed by atoms with E-state index in [4.69, 9.17) is 16.3 Å². The van der Waals surface area contributed by atoms with E-state index in [0.29, 0.717) is 40.8 Å². The molecule has 0 saturated heterocycles. The molecule has 1 rings (SSSR count). The predicted molar refractivity (Wildman–Crippen MR) is 96.2 cm³/mol. The summed E-state index contributed by atoms with van der Waals surface area (Å²) >= 11 is 6.69. The average molecular weight is 375 g/mol. The number of amides is 2. The molecule has 24 heavy (non-hydrogen) atoms. The van der Waals surface area contributed by atoms with Crippen LogP contribution in [0.2, 0.25) is 0 Å². The van der Waals surface area contributed by atoms with Gasteiger partial charge in [0, 0.05) is 25.4 Å². The summed E-state index contributed by atoms with van der Waals surface area (Å²) in [6.07, 6.45) is 0.789. The highest BCUT2D eigenvalue weighted by molar-refractivity contribution is 7.18. The largest absolute Gasteiger partial charge is 0.465 e. The predicted octanol–water partition coefficient (Wildman–Crippen LogP) is 3.28. The second-order valence-corrected chi connectivity index (χ2v) is 6.47. The highest BCUT2D eigenvalue weighted by Gasteiger charge is 2.27. The highest BCUT2D eigenvalue weighted by Crippen LogP contribution is 2.34. The first-order chi connectivity index (χ1) is 11.4. The lowest BCUT2D eigenvalue weighted by Crippen LogP contribution is -2.30. The lowest BCUT2D eigenvalue weighted by Gasteiger charge is -2.17. The maximum Gasteiger partial charge on any atom is 0.341 e. The van der Waals surface area contributed by atoms with E-state index in [1.54, 1.807) is 11.8 Å². The third kappa shape index (κ3) is 4.70. The Morgan fingerprint density at radius 3 is 2.38 bits per heavy atom. The van der Waals surface area contributed by atoms with E-state index >= 15 is 0 Å². The smallest absolute Gasteiger partial charge is 0.341 e. The van der Waals surface area contributed by atoms with Crippen molar-refractivity contribution in [3.05, 3.63) is 16.0 Å². The number of ether oxygens (including phenoxy) is 1. The zero-order valence-electron chi connectivity index (χ0n) is 14.4. The molecule has 0 aromatic carbocycles. The van der Waals surface area contributed by atoms with Crippen molar-refractivity contribution in [3.8, 4) is 0 Å². The van der Waals surface area contributed by atoms with E-state index in [-0.39, 0.29) is 23.8 Å². The van der Waals surface area contributed by atoms with E-state index in [9.17, 15) is 14.4 Å². The lowest BCUT2D eigenvalue weighted by atomic mass is 10.1. The molecule has 0 fully saturated rings. The molecular weight excluding hydrogens is 352 g/mol. The van der Waals surface area contributed by atoms with Crippen LogP contribution in [0.4, 0.5) is 5.00 Å². The quantitative estimate of drug-likeness (QED) is 0.559. The first-order valence-corrected chi connectivity index (χ1v) is 9.13. The van der Waals surface area contributed by atoms with Gasteiger partial charge in [-0.2, -0.15) is 0 Å². The molecule has 8 heteroatoms. The maximum atomic E-state index is 12.6. The van der Waals surface area contributed by atoms with Gasteiger partial charge < -0.3 is 15.0 Å². The number of hydrogen-bond acceptors (Lipinski definition) is 5. The number of hydrogen-bond donors (Lipinski definition) is 1. The summed E-state index contributed by atoms with van der Waals surface area (Å²) in [7, 11) is 1.27. The van der Waals surface area contributed by atoms with Gasteiger partial charge in [-0.3, -0.25) is 9.59 Å². The summed E-state index contributed by atoms with van der Waals surface area (Å²) in [5.41, 5.74) is 0.758. The van der Waals surface area contributed by atoms with Gasteiger partial charge in [-0.1, -0.05) is 0 Å². The van der Waals surface area contributed by atoms with Crippen molar-refractivity contribution < 1.29 is 19.1 Å². The molecular formula is C16H23ClN2O4S. The molecule has 1 aromatic heterocycles. The van der Waals surface area contributed by atoms with Crippen molar-refractivity contribution in [2.24, 2.45) is 0 Å². The SMILES string of the molecule is CCN(CC)C(=O)c1sc(NC(=O)CCCCl)c(C(=O)OC)c1C. The number of carbonyl (C=O) groups is 3. The van der Waals surface area contributed by atoms with E-state index in [0.717, 1.165) is 11.3 Å². The Bertz CT molecular complexity index is 611. The van der Waals surface area contributed by atoms with Gasteiger partial charge in [0.2, 0.25) is 5.91 Å². The Hall–Kier alpha value is -1.60. The molecule has 0 spiro atoms. The van der Waals surface area contributed by atoms with Crippen molar-refractivity contribution in [3.63, 3.8) is 0 Å². The highest BCUT2D eigenvalue weighted by atomic mass is 35.5. The second kappa shape index (κ2) is 9.64. The van der Waals surface area contributed by atoms with Crippen LogP contribution < -0.4 is 5.32 Å². The Balaban J connectivity index is 3.22. The van der Waals surface area contributed by atoms with Crippen LogP contribution in [0.1, 0.15) is 52.3 Å². The maximum absolute atomic E-state index is 12.6. The van der Waals surface area contributed by atoms with E-state index < -0.39 is 5.97 Å². The van der Waals surface area contributed by atoms with Gasteiger partial charge >= 0.3 is 5.97 Å². The minimum atomic E-state index is -0.574. The number of thiophene rings is 1. The third-order valence-electron chi connectivity index (χ3n) is 3.57. The van der Waals surface area contributed by atoms with Crippen LogP contribution >= 0.6 is 22.9 Å². The Morgan fingerprint density at radius 2 is 1.88 bits per heavy atom. The van der Waals surface area contributed by atoms with Gasteiger partial charge in [-0.25, -0.2) is 4.79 Å². The number of rotatable bonds is 8. The fourth-order valence-corrected chi connectivity index (χ4v) is 3.54. The molecule has 134 valence electrons. The molecule has 1 heterocycles. The van der Waals surface area contributed by atoms with Gasteiger partial charge in [0.15, 0.2) is 0 Å². The Morgan fingerprint density at radius 1 is 1.25 bits per heavy atom. The summed E-state index contributed by atoms with van der Waals surface area (Å²) in [4.78, 5) is 38.8. The van der Waals surface area contributed by atoms with Crippen molar-refractivity contribution in [1.29, 1.82) is 0 Å². The van der Waals surface area contributed by atoms with Gasteiger partial charge in [0.05, 0.1) is 17.6 Å². The van der Waals surface area contributed by atoms with Gasteiger partial charge in [0.25, 0.3) is 5.91 Å². The van der Waals surface area contributed by atoms with Gasteiger partial charge in [-0.15, -0.1) is 22.9 Å². The number of nitrogens with zero attached hydrogens (tertiary/aromatic N) is 1. The van der Waals surface area contributed by atoms with Crippen molar-refractivity contribution in [2.45, 2.75) is 33.6 Å². The molecule has 0 atom stereocenters. The number of halogens is 1. The average Bonchev–Trinajstić information content (AvgIpc) is 2.89. The van der Waals surface area contributed by atoms with E-state index in [1.807, 2.05) is 13.8 Å². The van der Waals surface area contributed by atoms with Crippen LogP contribution in [0.3, 0.4) is 0 Å². The van der Waals surface area contributed by atoms with Crippen LogP contribution in [0, 0.1) is 6.92 Å². The molecule has 0 aliphatic rings. The summed E-state index contributed by atoms with van der Waals surface area (Å²) in [6.45, 7) is 6.60. The summed E-state index contributed by atoms with van der Waals surface area (Å²) < 4.78 is 4.80. The van der Waals surface area contributed by atoms with Crippen molar-refractivity contribution >= 4 is 45.7 Å². The number of carbonyl (C=O) groups excluding carboxylic acids is 3. The molecule has 6 nitrogen and oxygen atoms in total. The molecule has 0 saturated carbocycles. The molecule has 1 aromatic rings. The first kappa shape index (κ1) is 20.4. The summed E-state index contributed by atoms with van der Waals surface area (Å²) in [5, 5.41) is 3.04. The van der Waals surface area contributed by atoms with Crippen molar-refractivity contribution in [1.82, 2.24) is 4.90 Å². The number of anilines is 1. The lowest BCUT2D eigenvalue weighted by molar-refractivity contribution is -0.116. The molecule has 0 aliphatic carbocycles. The van der Waals surface area contributed by atoms with E-state index in [1.165, 1.54) is 7.11 Å². The molecule has 1 N–H and O–H groups in total. The summed E-state index contributed by atoms with van der Waals surface area (Å²) in [5.74, 6) is -0.598. The molecule has 2 amide bonds. The van der Waals surface area contributed by atoms with E-state index in [2.05, 4.69) is 5.32 Å². The number of nitrogens with one attached hydrogen (secondary N) is 1. The summed E-state index contributed by atoms with van der Waals surface area (Å²) in [6, 6.07) is 0. The number of alkyl halides is 1. The zero-order chi connectivity index (χ0) is 18.3. The first-order valence-electron chi connectivity index (χ1n) is 7.77. The molecule has 0 bridgehead atoms. The number of methoxy groups -OCH3 is 1. The third-order valence-corrected chi connectivity index (χ3v) is 5.03. The van der Waals surface area contributed by atoms with Crippen molar-refractivity contribution in [2.75, 3.05) is 31.4 Å². The fraction of sp³-hybridized carbons (Fsp3) is 0.562.